The second-order valence-electron chi connectivity index (χ2n) is 10.5. The summed E-state index contributed by atoms with van der Waals surface area (Å²) in [6, 6.07) is 11.0. The van der Waals surface area contributed by atoms with Crippen LogP contribution in [-0.2, 0) is 20.7 Å². The summed E-state index contributed by atoms with van der Waals surface area (Å²) in [5.74, 6) is -0.930. The SMILES string of the molecule is COC(=O)Cc1ccc2c(c1)NC(C(F)(F)F)CCCC[C@H](NC(=O)/C=C/c1cc(Cl)ccc1-n1cnnn1)c1cc-2ccn1. The fraction of sp³-hybridized carbons (Fsp3) is 0.290. The maximum absolute atomic E-state index is 14.1. The van der Waals surface area contributed by atoms with E-state index >= 15 is 0 Å². The van der Waals surface area contributed by atoms with E-state index in [0.29, 0.717) is 51.5 Å². The van der Waals surface area contributed by atoms with E-state index in [1.165, 1.54) is 24.2 Å². The van der Waals surface area contributed by atoms with Crippen molar-refractivity contribution in [2.45, 2.75) is 50.4 Å². The van der Waals surface area contributed by atoms with Gasteiger partial charge in [-0.15, -0.1) is 5.10 Å². The highest BCUT2D eigenvalue weighted by atomic mass is 35.5. The van der Waals surface area contributed by atoms with E-state index in [1.54, 1.807) is 60.8 Å². The number of fused-ring (bicyclic) bond motifs is 4. The smallest absolute Gasteiger partial charge is 0.408 e. The number of hydrogen-bond acceptors (Lipinski definition) is 8. The highest BCUT2D eigenvalue weighted by Gasteiger charge is 2.39. The molecular weight excluding hydrogens is 611 g/mol. The number of benzene rings is 2. The highest BCUT2D eigenvalue weighted by Crippen LogP contribution is 2.36. The first-order chi connectivity index (χ1) is 21.6. The van der Waals surface area contributed by atoms with Crippen molar-refractivity contribution in [3.05, 3.63) is 89.0 Å². The molecule has 45 heavy (non-hydrogen) atoms. The lowest BCUT2D eigenvalue weighted by Gasteiger charge is -2.26. The van der Waals surface area contributed by atoms with E-state index < -0.39 is 30.1 Å². The number of ether oxygens (including phenoxy) is 1. The van der Waals surface area contributed by atoms with Crippen LogP contribution in [0.15, 0.2) is 67.1 Å². The highest BCUT2D eigenvalue weighted by molar-refractivity contribution is 6.30. The van der Waals surface area contributed by atoms with Gasteiger partial charge in [0, 0.05) is 34.1 Å². The molecule has 1 aliphatic heterocycles. The van der Waals surface area contributed by atoms with E-state index in [2.05, 4.69) is 31.1 Å². The Morgan fingerprint density at radius 3 is 2.71 bits per heavy atom. The number of pyridine rings is 1. The predicted molar refractivity (Wildman–Crippen MR) is 161 cm³/mol. The summed E-state index contributed by atoms with van der Waals surface area (Å²) in [7, 11) is 1.25. The van der Waals surface area contributed by atoms with Gasteiger partial charge in [-0.05, 0) is 76.9 Å². The van der Waals surface area contributed by atoms with Gasteiger partial charge < -0.3 is 15.4 Å². The van der Waals surface area contributed by atoms with Crippen LogP contribution >= 0.6 is 11.6 Å². The fourth-order valence-corrected chi connectivity index (χ4v) is 5.32. The molecule has 0 saturated carbocycles. The van der Waals surface area contributed by atoms with Crippen molar-refractivity contribution in [2.75, 3.05) is 12.4 Å². The molecule has 2 N–H and O–H groups in total. The number of alkyl halides is 3. The Morgan fingerprint density at radius 1 is 1.13 bits per heavy atom. The van der Waals surface area contributed by atoms with Crippen molar-refractivity contribution in [3.8, 4) is 16.8 Å². The van der Waals surface area contributed by atoms with E-state index in [4.69, 9.17) is 16.3 Å². The van der Waals surface area contributed by atoms with Crippen molar-refractivity contribution >= 4 is 35.2 Å². The number of esters is 1. The Kier molecular flexibility index (Phi) is 9.77. The standard InChI is InChI=1S/C31H29ClF3N7O3/c1-45-30(44)15-19-6-9-23-20-12-13-36-26(17-20)24(4-2-3-5-28(31(33,34)35)38-25(23)14-19)39-29(43)11-7-21-16-22(32)8-10-27(21)42-18-37-40-41-42/h6-14,16-18,24,28,38H,2-5,15H2,1H3,(H,39,43)/b11-7+/t24-,28?/m0/s1. The third-order valence-electron chi connectivity index (χ3n) is 7.39. The molecular formula is C31H29ClF3N7O3. The number of anilines is 1. The topological polar surface area (TPSA) is 124 Å². The first-order valence-corrected chi connectivity index (χ1v) is 14.5. The zero-order valence-corrected chi connectivity index (χ0v) is 24.8. The van der Waals surface area contributed by atoms with Gasteiger partial charge in [0.15, 0.2) is 0 Å². The quantitative estimate of drug-likeness (QED) is 0.198. The van der Waals surface area contributed by atoms with Gasteiger partial charge in [-0.2, -0.15) is 17.9 Å². The van der Waals surface area contributed by atoms with Crippen molar-refractivity contribution in [3.63, 3.8) is 0 Å². The second kappa shape index (κ2) is 13.9. The molecule has 4 aromatic rings. The number of methoxy groups -OCH3 is 1. The van der Waals surface area contributed by atoms with Crippen LogP contribution in [0, 0.1) is 0 Å². The average molecular weight is 640 g/mol. The number of rotatable bonds is 6. The van der Waals surface area contributed by atoms with Gasteiger partial charge in [0.2, 0.25) is 5.91 Å². The summed E-state index contributed by atoms with van der Waals surface area (Å²) in [4.78, 5) is 29.5. The minimum Gasteiger partial charge on any atom is -0.469 e. The molecule has 0 saturated heterocycles. The lowest BCUT2D eigenvalue weighted by molar-refractivity contribution is -0.144. The first-order valence-electron chi connectivity index (χ1n) is 14.1. The number of carbonyl (C=O) groups is 2. The van der Waals surface area contributed by atoms with Crippen LogP contribution in [0.4, 0.5) is 18.9 Å². The molecule has 0 radical (unpaired) electrons. The van der Waals surface area contributed by atoms with Crippen LogP contribution in [0.3, 0.4) is 0 Å². The maximum atomic E-state index is 14.1. The van der Waals surface area contributed by atoms with Crippen molar-refractivity contribution in [1.82, 2.24) is 30.5 Å². The monoisotopic (exact) mass is 639 g/mol. The lowest BCUT2D eigenvalue weighted by atomic mass is 9.95. The number of hydrogen-bond donors (Lipinski definition) is 2. The Labute approximate surface area is 261 Å². The molecule has 10 nitrogen and oxygen atoms in total. The summed E-state index contributed by atoms with van der Waals surface area (Å²) in [5.41, 5.74) is 3.61. The summed E-state index contributed by atoms with van der Waals surface area (Å²) in [6.07, 6.45) is 2.15. The summed E-state index contributed by atoms with van der Waals surface area (Å²) in [5, 5.41) is 17.3. The Bertz CT molecular complexity index is 1700. The van der Waals surface area contributed by atoms with E-state index in [-0.39, 0.29) is 24.9 Å². The van der Waals surface area contributed by atoms with Crippen LogP contribution in [0.2, 0.25) is 5.02 Å². The maximum Gasteiger partial charge on any atom is 0.408 e. The number of nitrogens with zero attached hydrogens (tertiary/aromatic N) is 5. The van der Waals surface area contributed by atoms with Crippen LogP contribution in [0.5, 0.6) is 0 Å². The van der Waals surface area contributed by atoms with Crippen LogP contribution < -0.4 is 10.6 Å². The summed E-state index contributed by atoms with van der Waals surface area (Å²) < 4.78 is 48.6. The lowest BCUT2D eigenvalue weighted by Crippen LogP contribution is -2.36. The third kappa shape index (κ3) is 8.04. The Morgan fingerprint density at radius 2 is 1.96 bits per heavy atom. The molecule has 5 rings (SSSR count). The van der Waals surface area contributed by atoms with Gasteiger partial charge >= 0.3 is 12.1 Å². The van der Waals surface area contributed by atoms with Gasteiger partial charge in [0.25, 0.3) is 0 Å². The second-order valence-corrected chi connectivity index (χ2v) is 10.9. The molecule has 0 aliphatic carbocycles. The van der Waals surface area contributed by atoms with E-state index in [9.17, 15) is 22.8 Å². The molecule has 1 aliphatic rings. The van der Waals surface area contributed by atoms with Gasteiger partial charge in [-0.1, -0.05) is 36.6 Å². The Hall–Kier alpha value is -4.78. The summed E-state index contributed by atoms with van der Waals surface area (Å²) >= 11 is 6.19. The van der Waals surface area contributed by atoms with Gasteiger partial charge in [0.05, 0.1) is 31.0 Å². The number of tetrazole rings is 1. The van der Waals surface area contributed by atoms with E-state index in [1.807, 2.05) is 0 Å². The summed E-state index contributed by atoms with van der Waals surface area (Å²) in [6.45, 7) is 0. The molecule has 2 bridgehead atoms. The van der Waals surface area contributed by atoms with Gasteiger partial charge in [0.1, 0.15) is 12.4 Å². The number of halogens is 4. The molecule has 2 aromatic heterocycles. The molecule has 1 unspecified atom stereocenters. The van der Waals surface area contributed by atoms with E-state index in [0.717, 1.165) is 0 Å². The molecule has 14 heteroatoms. The average Bonchev–Trinajstić information content (AvgIpc) is 3.55. The molecule has 2 atom stereocenters. The van der Waals surface area contributed by atoms with Gasteiger partial charge in [-0.25, -0.2) is 0 Å². The molecule has 2 aromatic carbocycles. The molecule has 3 heterocycles. The van der Waals surface area contributed by atoms with Crippen molar-refractivity contribution < 1.29 is 27.5 Å². The molecule has 0 spiro atoms. The predicted octanol–water partition coefficient (Wildman–Crippen LogP) is 5.88. The van der Waals surface area contributed by atoms with Gasteiger partial charge in [-0.3, -0.25) is 14.6 Å². The number of aromatic nitrogens is 5. The molecule has 1 amide bonds. The first kappa shape index (κ1) is 31.6. The third-order valence-corrected chi connectivity index (χ3v) is 7.62. The van der Waals surface area contributed by atoms with Crippen LogP contribution in [0.25, 0.3) is 22.9 Å². The Balaban J connectivity index is 1.45. The largest absolute Gasteiger partial charge is 0.469 e. The van der Waals surface area contributed by atoms with Crippen LogP contribution in [0.1, 0.15) is 48.5 Å². The number of nitrogens with one attached hydrogen (secondary N) is 2. The number of amides is 1. The zero-order chi connectivity index (χ0) is 32.0. The molecule has 234 valence electrons. The van der Waals surface area contributed by atoms with Crippen LogP contribution in [-0.4, -0.2) is 56.4 Å². The normalized spacial score (nSPS) is 17.0. The minimum atomic E-state index is -4.51. The minimum absolute atomic E-state index is 0.0856. The van der Waals surface area contributed by atoms with Crippen molar-refractivity contribution in [1.29, 1.82) is 0 Å². The zero-order valence-electron chi connectivity index (χ0n) is 24.1. The fourth-order valence-electron chi connectivity index (χ4n) is 5.14. The van der Waals surface area contributed by atoms with Crippen molar-refractivity contribution in [2.24, 2.45) is 0 Å². The number of carbonyl (C=O) groups excluding carboxylic acids is 2. The molecule has 0 fully saturated rings.